The van der Waals surface area contributed by atoms with Gasteiger partial charge in [0.05, 0.1) is 5.41 Å². The lowest BCUT2D eigenvalue weighted by Gasteiger charge is -2.38. The van der Waals surface area contributed by atoms with Crippen LogP contribution in [0.3, 0.4) is 0 Å². The van der Waals surface area contributed by atoms with Crippen molar-refractivity contribution in [3.63, 3.8) is 0 Å². The smallest absolute Gasteiger partial charge is 0.311 e. The fraction of sp³-hybridized carbons (Fsp3) is 0.875. The number of carboxylic acid groups (broad SMARTS) is 1. The number of aliphatic carboxylic acids is 1. The van der Waals surface area contributed by atoms with Gasteiger partial charge in [-0.3, -0.25) is 9.59 Å². The zero-order valence-corrected chi connectivity index (χ0v) is 13.7. The molecule has 0 atom stereocenters. The Bertz CT molecular complexity index is 322. The van der Waals surface area contributed by atoms with Crippen molar-refractivity contribution < 1.29 is 14.7 Å². The molecule has 0 bridgehead atoms. The molecule has 0 saturated carbocycles. The van der Waals surface area contributed by atoms with Gasteiger partial charge >= 0.3 is 5.97 Å². The van der Waals surface area contributed by atoms with Crippen LogP contribution in [0, 0.1) is 5.41 Å². The third kappa shape index (κ3) is 5.93. The Morgan fingerprint density at radius 2 is 1.45 bits per heavy atom. The van der Waals surface area contributed by atoms with Gasteiger partial charge in [-0.2, -0.15) is 0 Å². The fourth-order valence-corrected chi connectivity index (χ4v) is 1.90. The highest BCUT2D eigenvalue weighted by atomic mass is 16.4. The number of hydrogen-bond acceptors (Lipinski definition) is 2. The third-order valence-corrected chi connectivity index (χ3v) is 4.31. The Kier molecular flexibility index (Phi) is 7.84. The molecule has 4 heteroatoms. The number of unbranched alkanes of at least 4 members (excludes halogenated alkanes) is 5. The van der Waals surface area contributed by atoms with E-state index in [1.54, 1.807) is 27.7 Å². The summed E-state index contributed by atoms with van der Waals surface area (Å²) in [5.74, 6) is -0.956. The maximum absolute atomic E-state index is 11.9. The molecule has 0 rings (SSSR count). The second-order valence-electron chi connectivity index (χ2n) is 6.62. The summed E-state index contributed by atoms with van der Waals surface area (Å²) < 4.78 is 0. The Hall–Kier alpha value is -1.06. The zero-order chi connectivity index (χ0) is 15.8. The molecule has 2 N–H and O–H groups in total. The van der Waals surface area contributed by atoms with Crippen molar-refractivity contribution in [2.45, 2.75) is 85.1 Å². The first-order valence-corrected chi connectivity index (χ1v) is 7.69. The van der Waals surface area contributed by atoms with Gasteiger partial charge in [0.25, 0.3) is 0 Å². The van der Waals surface area contributed by atoms with Gasteiger partial charge in [-0.05, 0) is 34.1 Å². The quantitative estimate of drug-likeness (QED) is 0.601. The monoisotopic (exact) mass is 285 g/mol. The zero-order valence-electron chi connectivity index (χ0n) is 13.7. The van der Waals surface area contributed by atoms with Crippen molar-refractivity contribution in [1.29, 1.82) is 0 Å². The molecule has 20 heavy (non-hydrogen) atoms. The van der Waals surface area contributed by atoms with E-state index < -0.39 is 16.9 Å². The van der Waals surface area contributed by atoms with Gasteiger partial charge in [-0.25, -0.2) is 0 Å². The molecular weight excluding hydrogens is 254 g/mol. The lowest BCUT2D eigenvalue weighted by molar-refractivity contribution is -0.151. The second kappa shape index (κ2) is 8.28. The van der Waals surface area contributed by atoms with Gasteiger partial charge in [-0.15, -0.1) is 0 Å². The van der Waals surface area contributed by atoms with Crippen LogP contribution in [0.1, 0.15) is 79.6 Å². The van der Waals surface area contributed by atoms with Crippen LogP contribution in [0.2, 0.25) is 0 Å². The lowest BCUT2D eigenvalue weighted by Crippen LogP contribution is -2.56. The molecule has 0 aliphatic carbocycles. The number of carbonyl (C=O) groups excluding carboxylic acids is 1. The molecule has 0 aliphatic rings. The summed E-state index contributed by atoms with van der Waals surface area (Å²) in [5, 5.41) is 12.1. The van der Waals surface area contributed by atoms with Gasteiger partial charge in [-0.1, -0.05) is 39.0 Å². The minimum absolute atomic E-state index is 0.0557. The maximum Gasteiger partial charge on any atom is 0.311 e. The molecule has 0 aromatic rings. The molecule has 0 aromatic carbocycles. The fourth-order valence-electron chi connectivity index (χ4n) is 1.90. The van der Waals surface area contributed by atoms with Crippen LogP contribution in [-0.4, -0.2) is 22.5 Å². The van der Waals surface area contributed by atoms with E-state index in [-0.39, 0.29) is 5.91 Å². The Morgan fingerprint density at radius 3 is 1.95 bits per heavy atom. The number of amides is 1. The predicted octanol–water partition coefficient (Wildman–Crippen LogP) is 3.74. The first-order valence-electron chi connectivity index (χ1n) is 7.69. The average molecular weight is 285 g/mol. The van der Waals surface area contributed by atoms with Gasteiger partial charge in [0.2, 0.25) is 5.91 Å². The van der Waals surface area contributed by atoms with Crippen LogP contribution < -0.4 is 5.32 Å². The van der Waals surface area contributed by atoms with Gasteiger partial charge < -0.3 is 10.4 Å². The summed E-state index contributed by atoms with van der Waals surface area (Å²) in [6.45, 7) is 8.99. The summed E-state index contributed by atoms with van der Waals surface area (Å²) in [6.07, 6.45) is 7.30. The predicted molar refractivity (Wildman–Crippen MR) is 81.6 cm³/mol. The van der Waals surface area contributed by atoms with Crippen LogP contribution in [0.15, 0.2) is 0 Å². The summed E-state index contributed by atoms with van der Waals surface area (Å²) in [7, 11) is 0. The number of nitrogens with one attached hydrogen (secondary N) is 1. The minimum atomic E-state index is -0.996. The Labute approximate surface area is 123 Å². The Balaban J connectivity index is 4.10. The molecular formula is C16H31NO3. The van der Waals surface area contributed by atoms with Crippen LogP contribution in [0.25, 0.3) is 0 Å². The van der Waals surface area contributed by atoms with Crippen LogP contribution in [-0.2, 0) is 9.59 Å². The van der Waals surface area contributed by atoms with E-state index in [0.717, 1.165) is 12.8 Å². The van der Waals surface area contributed by atoms with Gasteiger partial charge in [0, 0.05) is 12.0 Å². The van der Waals surface area contributed by atoms with Crippen LogP contribution >= 0.6 is 0 Å². The lowest BCUT2D eigenvalue weighted by atomic mass is 9.74. The molecule has 0 aliphatic heterocycles. The average Bonchev–Trinajstić information content (AvgIpc) is 2.32. The molecule has 0 unspecified atom stereocenters. The molecule has 0 heterocycles. The molecule has 0 aromatic heterocycles. The highest BCUT2D eigenvalue weighted by Gasteiger charge is 2.44. The van der Waals surface area contributed by atoms with Crippen molar-refractivity contribution >= 4 is 11.9 Å². The van der Waals surface area contributed by atoms with E-state index in [0.29, 0.717) is 6.42 Å². The third-order valence-electron chi connectivity index (χ3n) is 4.31. The molecule has 118 valence electrons. The van der Waals surface area contributed by atoms with Gasteiger partial charge in [0.15, 0.2) is 0 Å². The number of carboxylic acids is 1. The SMILES string of the molecule is CCCCCCCCC(=O)NC(C)(C)C(C)(C)C(=O)O. The van der Waals surface area contributed by atoms with E-state index in [2.05, 4.69) is 12.2 Å². The second-order valence-corrected chi connectivity index (χ2v) is 6.62. The highest BCUT2D eigenvalue weighted by molar-refractivity contribution is 5.80. The first-order chi connectivity index (χ1) is 9.15. The molecule has 0 saturated heterocycles. The van der Waals surface area contributed by atoms with E-state index in [4.69, 9.17) is 0 Å². The number of rotatable bonds is 10. The largest absolute Gasteiger partial charge is 0.481 e. The van der Waals surface area contributed by atoms with E-state index >= 15 is 0 Å². The first kappa shape index (κ1) is 18.9. The van der Waals surface area contributed by atoms with Crippen molar-refractivity contribution in [2.75, 3.05) is 0 Å². The van der Waals surface area contributed by atoms with E-state index in [9.17, 15) is 14.7 Å². The molecule has 0 radical (unpaired) electrons. The molecule has 0 spiro atoms. The van der Waals surface area contributed by atoms with Gasteiger partial charge in [0.1, 0.15) is 0 Å². The van der Waals surface area contributed by atoms with E-state index in [1.807, 2.05) is 0 Å². The molecule has 4 nitrogen and oxygen atoms in total. The Morgan fingerprint density at radius 1 is 0.950 bits per heavy atom. The minimum Gasteiger partial charge on any atom is -0.481 e. The van der Waals surface area contributed by atoms with Crippen molar-refractivity contribution in [2.24, 2.45) is 5.41 Å². The summed E-state index contributed by atoms with van der Waals surface area (Å²) in [5.41, 5.74) is -1.76. The van der Waals surface area contributed by atoms with Crippen molar-refractivity contribution in [1.82, 2.24) is 5.32 Å². The van der Waals surface area contributed by atoms with Crippen molar-refractivity contribution in [3.05, 3.63) is 0 Å². The van der Waals surface area contributed by atoms with Crippen LogP contribution in [0.5, 0.6) is 0 Å². The van der Waals surface area contributed by atoms with Crippen molar-refractivity contribution in [3.8, 4) is 0 Å². The number of carbonyl (C=O) groups is 2. The summed E-state index contributed by atoms with van der Waals surface area (Å²) >= 11 is 0. The van der Waals surface area contributed by atoms with E-state index in [1.165, 1.54) is 25.7 Å². The summed E-state index contributed by atoms with van der Waals surface area (Å²) in [6, 6.07) is 0. The highest BCUT2D eigenvalue weighted by Crippen LogP contribution is 2.30. The normalized spacial score (nSPS) is 12.2. The standard InChI is InChI=1S/C16H31NO3/c1-6-7-8-9-10-11-12-13(18)17-16(4,5)15(2,3)14(19)20/h6-12H2,1-5H3,(H,17,18)(H,19,20). The topological polar surface area (TPSA) is 66.4 Å². The maximum atomic E-state index is 11.9. The molecule has 1 amide bonds. The van der Waals surface area contributed by atoms with Crippen LogP contribution in [0.4, 0.5) is 0 Å². The summed E-state index contributed by atoms with van der Waals surface area (Å²) in [4.78, 5) is 23.2. The molecule has 0 fully saturated rings. The number of hydrogen-bond donors (Lipinski definition) is 2.